The lowest BCUT2D eigenvalue weighted by Gasteiger charge is -2.04. The molecule has 0 N–H and O–H groups in total. The first-order chi connectivity index (χ1) is 9.65. The molecule has 102 valence electrons. The first-order valence-corrected chi connectivity index (χ1v) is 7.23. The van der Waals surface area contributed by atoms with E-state index < -0.39 is 0 Å². The standard InChI is InChI=1S/C16H13ClO2S/c1-12(17)11-19-14-6-4-13(5-7-14)16(18)9-8-15-3-2-10-20-15/h2-10H,1,11H2. The molecule has 4 heteroatoms. The van der Waals surface area contributed by atoms with Crippen LogP contribution >= 0.6 is 22.9 Å². The summed E-state index contributed by atoms with van der Waals surface area (Å²) in [6.07, 6.45) is 3.39. The van der Waals surface area contributed by atoms with Crippen molar-refractivity contribution in [1.29, 1.82) is 0 Å². The number of rotatable bonds is 6. The van der Waals surface area contributed by atoms with Crippen molar-refractivity contribution in [2.75, 3.05) is 6.61 Å². The maximum absolute atomic E-state index is 12.0. The van der Waals surface area contributed by atoms with Gasteiger partial charge < -0.3 is 4.74 Å². The average Bonchev–Trinajstić information content (AvgIpc) is 2.96. The Bertz CT molecular complexity index is 612. The monoisotopic (exact) mass is 304 g/mol. The molecular weight excluding hydrogens is 292 g/mol. The molecule has 1 aromatic carbocycles. The van der Waals surface area contributed by atoms with Gasteiger partial charge in [-0.05, 0) is 47.9 Å². The molecule has 20 heavy (non-hydrogen) atoms. The Kier molecular flexibility index (Phi) is 5.16. The number of hydrogen-bond acceptors (Lipinski definition) is 3. The fourth-order valence-corrected chi connectivity index (χ4v) is 2.19. The van der Waals surface area contributed by atoms with E-state index in [1.165, 1.54) is 0 Å². The van der Waals surface area contributed by atoms with E-state index in [2.05, 4.69) is 6.58 Å². The van der Waals surface area contributed by atoms with Crippen molar-refractivity contribution in [2.45, 2.75) is 0 Å². The molecule has 0 spiro atoms. The zero-order chi connectivity index (χ0) is 14.4. The van der Waals surface area contributed by atoms with E-state index >= 15 is 0 Å². The number of halogens is 1. The lowest BCUT2D eigenvalue weighted by atomic mass is 10.1. The van der Waals surface area contributed by atoms with Crippen LogP contribution in [0, 0.1) is 0 Å². The number of benzene rings is 1. The van der Waals surface area contributed by atoms with Gasteiger partial charge in [0.15, 0.2) is 5.78 Å². The van der Waals surface area contributed by atoms with E-state index in [0.717, 1.165) is 4.88 Å². The van der Waals surface area contributed by atoms with Gasteiger partial charge in [-0.1, -0.05) is 24.2 Å². The Morgan fingerprint density at radius 3 is 2.65 bits per heavy atom. The van der Waals surface area contributed by atoms with Crippen molar-refractivity contribution in [2.24, 2.45) is 0 Å². The van der Waals surface area contributed by atoms with Crippen LogP contribution in [-0.2, 0) is 0 Å². The van der Waals surface area contributed by atoms with Gasteiger partial charge in [0.05, 0.1) is 0 Å². The molecule has 2 aromatic rings. The van der Waals surface area contributed by atoms with Crippen molar-refractivity contribution in [3.8, 4) is 5.75 Å². The van der Waals surface area contributed by atoms with Crippen molar-refractivity contribution in [3.05, 3.63) is 69.9 Å². The summed E-state index contributed by atoms with van der Waals surface area (Å²) < 4.78 is 5.36. The second kappa shape index (κ2) is 7.08. The van der Waals surface area contributed by atoms with Gasteiger partial charge in [-0.2, -0.15) is 0 Å². The Morgan fingerprint density at radius 1 is 1.30 bits per heavy atom. The third kappa shape index (κ3) is 4.37. The summed E-state index contributed by atoms with van der Waals surface area (Å²) in [4.78, 5) is 13.0. The smallest absolute Gasteiger partial charge is 0.185 e. The van der Waals surface area contributed by atoms with Crippen molar-refractivity contribution in [1.82, 2.24) is 0 Å². The van der Waals surface area contributed by atoms with E-state index in [1.54, 1.807) is 41.7 Å². The summed E-state index contributed by atoms with van der Waals surface area (Å²) in [5.41, 5.74) is 0.620. The summed E-state index contributed by atoms with van der Waals surface area (Å²) in [5.74, 6) is 0.622. The highest BCUT2D eigenvalue weighted by molar-refractivity contribution is 7.10. The molecule has 0 aliphatic heterocycles. The molecule has 0 unspecified atom stereocenters. The van der Waals surface area contributed by atoms with Crippen molar-refractivity contribution >= 4 is 34.8 Å². The lowest BCUT2D eigenvalue weighted by molar-refractivity contribution is 0.104. The molecule has 1 aromatic heterocycles. The molecule has 0 aliphatic carbocycles. The van der Waals surface area contributed by atoms with Crippen LogP contribution in [0.5, 0.6) is 5.75 Å². The molecule has 0 saturated heterocycles. The second-order valence-corrected chi connectivity index (χ2v) is 5.56. The number of ketones is 1. The Balaban J connectivity index is 1.98. The molecule has 0 saturated carbocycles. The van der Waals surface area contributed by atoms with Gasteiger partial charge in [0.2, 0.25) is 0 Å². The Morgan fingerprint density at radius 2 is 2.05 bits per heavy atom. The largest absolute Gasteiger partial charge is 0.488 e. The summed E-state index contributed by atoms with van der Waals surface area (Å²) >= 11 is 7.21. The van der Waals surface area contributed by atoms with Crippen LogP contribution in [-0.4, -0.2) is 12.4 Å². The van der Waals surface area contributed by atoms with Crippen molar-refractivity contribution in [3.63, 3.8) is 0 Å². The molecule has 0 radical (unpaired) electrons. The van der Waals surface area contributed by atoms with Gasteiger partial charge in [-0.25, -0.2) is 0 Å². The molecular formula is C16H13ClO2S. The van der Waals surface area contributed by atoms with Gasteiger partial charge in [-0.15, -0.1) is 11.3 Å². The number of carbonyl (C=O) groups excluding carboxylic acids is 1. The molecule has 0 atom stereocenters. The number of thiophene rings is 1. The predicted octanol–water partition coefficient (Wildman–Crippen LogP) is 4.78. The second-order valence-electron chi connectivity index (χ2n) is 4.04. The highest BCUT2D eigenvalue weighted by Crippen LogP contribution is 2.15. The normalized spacial score (nSPS) is 10.7. The van der Waals surface area contributed by atoms with Crippen LogP contribution in [0.4, 0.5) is 0 Å². The first-order valence-electron chi connectivity index (χ1n) is 5.97. The van der Waals surface area contributed by atoms with Crippen LogP contribution in [0.25, 0.3) is 6.08 Å². The minimum atomic E-state index is -0.0355. The summed E-state index contributed by atoms with van der Waals surface area (Å²) in [6, 6.07) is 10.9. The molecule has 0 bridgehead atoms. The van der Waals surface area contributed by atoms with Gasteiger partial charge in [0.25, 0.3) is 0 Å². The number of ether oxygens (including phenoxy) is 1. The summed E-state index contributed by atoms with van der Waals surface area (Å²) in [6.45, 7) is 3.80. The predicted molar refractivity (Wildman–Crippen MR) is 84.6 cm³/mol. The molecule has 0 aliphatic rings. The fourth-order valence-electron chi connectivity index (χ4n) is 1.52. The number of allylic oxidation sites excluding steroid dienone is 1. The highest BCUT2D eigenvalue weighted by Gasteiger charge is 2.02. The SMILES string of the molecule is C=C(Cl)COc1ccc(C(=O)C=Cc2cccs2)cc1. The lowest BCUT2D eigenvalue weighted by Crippen LogP contribution is -1.98. The molecule has 0 amide bonds. The minimum absolute atomic E-state index is 0.0355. The minimum Gasteiger partial charge on any atom is -0.488 e. The van der Waals surface area contributed by atoms with E-state index in [0.29, 0.717) is 16.3 Å². The van der Waals surface area contributed by atoms with E-state index in [-0.39, 0.29) is 12.4 Å². The van der Waals surface area contributed by atoms with Gasteiger partial charge >= 0.3 is 0 Å². The third-order valence-electron chi connectivity index (χ3n) is 2.48. The molecule has 1 heterocycles. The Labute approximate surface area is 127 Å². The summed E-state index contributed by atoms with van der Waals surface area (Å²) in [7, 11) is 0. The van der Waals surface area contributed by atoms with E-state index in [9.17, 15) is 4.79 Å². The summed E-state index contributed by atoms with van der Waals surface area (Å²) in [5, 5.41) is 2.41. The average molecular weight is 305 g/mol. The van der Waals surface area contributed by atoms with E-state index in [1.807, 2.05) is 23.6 Å². The van der Waals surface area contributed by atoms with Gasteiger partial charge in [-0.3, -0.25) is 4.79 Å². The fraction of sp³-hybridized carbons (Fsp3) is 0.0625. The van der Waals surface area contributed by atoms with Crippen LogP contribution in [0.2, 0.25) is 0 Å². The van der Waals surface area contributed by atoms with Gasteiger partial charge in [0.1, 0.15) is 12.4 Å². The van der Waals surface area contributed by atoms with E-state index in [4.69, 9.17) is 16.3 Å². The van der Waals surface area contributed by atoms with Crippen LogP contribution in [0.3, 0.4) is 0 Å². The quantitative estimate of drug-likeness (QED) is 0.567. The maximum atomic E-state index is 12.0. The first kappa shape index (κ1) is 14.6. The zero-order valence-corrected chi connectivity index (χ0v) is 12.3. The number of hydrogen-bond donors (Lipinski definition) is 0. The van der Waals surface area contributed by atoms with Gasteiger partial charge in [0, 0.05) is 15.5 Å². The molecule has 2 nitrogen and oxygen atoms in total. The van der Waals surface area contributed by atoms with Crippen molar-refractivity contribution < 1.29 is 9.53 Å². The third-order valence-corrected chi connectivity index (χ3v) is 3.42. The number of carbonyl (C=O) groups is 1. The molecule has 0 fully saturated rings. The Hall–Kier alpha value is -1.84. The van der Waals surface area contributed by atoms with Crippen LogP contribution < -0.4 is 4.74 Å². The maximum Gasteiger partial charge on any atom is 0.185 e. The highest BCUT2D eigenvalue weighted by atomic mass is 35.5. The van der Waals surface area contributed by atoms with Crippen LogP contribution in [0.15, 0.2) is 59.5 Å². The topological polar surface area (TPSA) is 26.3 Å². The molecule has 2 rings (SSSR count). The van der Waals surface area contributed by atoms with Crippen LogP contribution in [0.1, 0.15) is 15.2 Å². The zero-order valence-electron chi connectivity index (χ0n) is 10.7.